The van der Waals surface area contributed by atoms with E-state index in [0.717, 1.165) is 0 Å². The minimum atomic E-state index is -4.29. The number of hydrogen-bond donors (Lipinski definition) is 2. The molecule has 0 aliphatic heterocycles. The summed E-state index contributed by atoms with van der Waals surface area (Å²) >= 11 is 0. The Labute approximate surface area is 108 Å². The first-order valence-corrected chi connectivity index (χ1v) is 5.67. The summed E-state index contributed by atoms with van der Waals surface area (Å²) in [6.07, 6.45) is -5.54. The summed E-state index contributed by atoms with van der Waals surface area (Å²) in [6.45, 7) is -0.329. The number of nitrogens with two attached hydrogens (primary N) is 1. The minimum Gasteiger partial charge on any atom is -0.481 e. The number of rotatable bonds is 6. The average molecular weight is 276 g/mol. The number of carboxylic acid groups (broad SMARTS) is 1. The number of hydrogen-bond acceptors (Lipinski definition) is 3. The first-order chi connectivity index (χ1) is 8.79. The zero-order valence-corrected chi connectivity index (χ0v) is 10.2. The number of carbonyl (C=O) groups is 1. The molecule has 0 fully saturated rings. The van der Waals surface area contributed by atoms with Crippen LogP contribution in [0.2, 0.25) is 0 Å². The molecule has 0 bridgehead atoms. The predicted octanol–water partition coefficient (Wildman–Crippen LogP) is 2.50. The van der Waals surface area contributed by atoms with Crippen LogP contribution in [-0.2, 0) is 4.79 Å². The van der Waals surface area contributed by atoms with Crippen molar-refractivity contribution in [3.05, 3.63) is 24.3 Å². The number of carboxylic acids is 1. The Morgan fingerprint density at radius 2 is 1.89 bits per heavy atom. The van der Waals surface area contributed by atoms with Crippen LogP contribution in [0.5, 0.6) is 0 Å². The van der Waals surface area contributed by atoms with Crippen molar-refractivity contribution in [2.75, 3.05) is 23.7 Å². The number of benzene rings is 1. The van der Waals surface area contributed by atoms with Crippen molar-refractivity contribution in [3.63, 3.8) is 0 Å². The summed E-state index contributed by atoms with van der Waals surface area (Å²) in [5.41, 5.74) is 6.45. The number of alkyl halides is 3. The molecule has 0 saturated heterocycles. The van der Waals surface area contributed by atoms with E-state index in [0.29, 0.717) is 11.4 Å². The predicted molar refractivity (Wildman–Crippen MR) is 66.0 cm³/mol. The molecule has 0 aromatic heterocycles. The van der Waals surface area contributed by atoms with E-state index in [9.17, 15) is 18.0 Å². The van der Waals surface area contributed by atoms with Gasteiger partial charge >= 0.3 is 12.1 Å². The first kappa shape index (κ1) is 15.1. The van der Waals surface area contributed by atoms with E-state index in [1.165, 1.54) is 4.90 Å². The lowest BCUT2D eigenvalue weighted by Crippen LogP contribution is -2.30. The summed E-state index contributed by atoms with van der Waals surface area (Å²) in [6, 6.07) is 6.45. The molecule has 0 aliphatic carbocycles. The molecule has 1 rings (SSSR count). The van der Waals surface area contributed by atoms with E-state index in [1.807, 2.05) is 0 Å². The molecule has 0 unspecified atom stereocenters. The molecule has 0 amide bonds. The van der Waals surface area contributed by atoms with Crippen molar-refractivity contribution in [1.82, 2.24) is 0 Å². The molecule has 1 aromatic carbocycles. The van der Waals surface area contributed by atoms with Gasteiger partial charge in [0.1, 0.15) is 0 Å². The van der Waals surface area contributed by atoms with Crippen LogP contribution in [0, 0.1) is 0 Å². The van der Waals surface area contributed by atoms with Crippen LogP contribution >= 0.6 is 0 Å². The molecule has 1 aromatic rings. The Kier molecular flexibility index (Phi) is 5.02. The van der Waals surface area contributed by atoms with Crippen molar-refractivity contribution in [2.45, 2.75) is 19.0 Å². The van der Waals surface area contributed by atoms with Gasteiger partial charge in [-0.3, -0.25) is 4.79 Å². The maximum Gasteiger partial charge on any atom is 0.390 e. The normalized spacial score (nSPS) is 11.3. The van der Waals surface area contributed by atoms with Crippen LogP contribution in [0.3, 0.4) is 0 Å². The Morgan fingerprint density at radius 1 is 1.26 bits per heavy atom. The summed E-state index contributed by atoms with van der Waals surface area (Å²) in [5, 5.41) is 8.63. The highest BCUT2D eigenvalue weighted by Gasteiger charge is 2.28. The largest absolute Gasteiger partial charge is 0.481 e. The highest BCUT2D eigenvalue weighted by Crippen LogP contribution is 2.26. The topological polar surface area (TPSA) is 66.6 Å². The maximum atomic E-state index is 12.3. The zero-order valence-electron chi connectivity index (χ0n) is 10.2. The molecule has 19 heavy (non-hydrogen) atoms. The molecule has 0 radical (unpaired) electrons. The van der Waals surface area contributed by atoms with E-state index in [1.54, 1.807) is 24.3 Å². The van der Waals surface area contributed by atoms with E-state index in [4.69, 9.17) is 10.8 Å². The van der Waals surface area contributed by atoms with Gasteiger partial charge < -0.3 is 15.7 Å². The fourth-order valence-electron chi connectivity index (χ4n) is 1.62. The van der Waals surface area contributed by atoms with Gasteiger partial charge in [0.2, 0.25) is 0 Å². The number of halogens is 3. The van der Waals surface area contributed by atoms with Crippen LogP contribution in [0.25, 0.3) is 0 Å². The highest BCUT2D eigenvalue weighted by atomic mass is 19.4. The molecule has 4 nitrogen and oxygen atoms in total. The minimum absolute atomic E-state index is 0.0143. The van der Waals surface area contributed by atoms with Gasteiger partial charge in [-0.05, 0) is 12.1 Å². The van der Waals surface area contributed by atoms with Gasteiger partial charge in [-0.1, -0.05) is 12.1 Å². The van der Waals surface area contributed by atoms with Gasteiger partial charge in [0, 0.05) is 13.1 Å². The van der Waals surface area contributed by atoms with Crippen molar-refractivity contribution in [3.8, 4) is 0 Å². The molecular weight excluding hydrogens is 261 g/mol. The second-order valence-corrected chi connectivity index (χ2v) is 4.05. The lowest BCUT2D eigenvalue weighted by molar-refractivity contribution is -0.136. The molecule has 106 valence electrons. The van der Waals surface area contributed by atoms with Gasteiger partial charge in [0.05, 0.1) is 24.2 Å². The van der Waals surface area contributed by atoms with Crippen LogP contribution in [0.15, 0.2) is 24.3 Å². The zero-order chi connectivity index (χ0) is 14.5. The van der Waals surface area contributed by atoms with Gasteiger partial charge in [0.15, 0.2) is 0 Å². The smallest absolute Gasteiger partial charge is 0.390 e. The van der Waals surface area contributed by atoms with Crippen LogP contribution in [0.1, 0.15) is 12.8 Å². The molecule has 0 saturated carbocycles. The molecule has 0 heterocycles. The third-order valence-corrected chi connectivity index (χ3v) is 2.54. The molecule has 0 atom stereocenters. The van der Waals surface area contributed by atoms with Gasteiger partial charge in [-0.2, -0.15) is 13.2 Å². The third-order valence-electron chi connectivity index (χ3n) is 2.54. The fourth-order valence-corrected chi connectivity index (χ4v) is 1.62. The second kappa shape index (κ2) is 6.31. The lowest BCUT2D eigenvalue weighted by atomic mass is 10.2. The Morgan fingerprint density at radius 3 is 2.42 bits per heavy atom. The lowest BCUT2D eigenvalue weighted by Gasteiger charge is -2.26. The van der Waals surface area contributed by atoms with Crippen LogP contribution in [0.4, 0.5) is 24.5 Å². The summed E-state index contributed by atoms with van der Waals surface area (Å²) < 4.78 is 36.8. The number of para-hydroxylation sites is 2. The maximum absolute atomic E-state index is 12.3. The number of aliphatic carboxylic acids is 1. The Balaban J connectivity index is 2.80. The SMILES string of the molecule is Nc1ccccc1N(CCC(=O)O)CCC(F)(F)F. The molecule has 3 N–H and O–H groups in total. The van der Waals surface area contributed by atoms with Crippen molar-refractivity contribution in [1.29, 1.82) is 0 Å². The molecule has 0 spiro atoms. The Bertz CT molecular complexity index is 435. The van der Waals surface area contributed by atoms with Gasteiger partial charge in [-0.25, -0.2) is 0 Å². The van der Waals surface area contributed by atoms with E-state index >= 15 is 0 Å². The Hall–Kier alpha value is -1.92. The molecule has 0 aliphatic rings. The van der Waals surface area contributed by atoms with Gasteiger partial charge in [-0.15, -0.1) is 0 Å². The van der Waals surface area contributed by atoms with Crippen molar-refractivity contribution >= 4 is 17.3 Å². The average Bonchev–Trinajstić information content (AvgIpc) is 2.29. The van der Waals surface area contributed by atoms with E-state index < -0.39 is 18.6 Å². The quantitative estimate of drug-likeness (QED) is 0.783. The van der Waals surface area contributed by atoms with Crippen molar-refractivity contribution < 1.29 is 23.1 Å². The van der Waals surface area contributed by atoms with E-state index in [2.05, 4.69) is 0 Å². The summed E-state index contributed by atoms with van der Waals surface area (Å²) in [5.74, 6) is -1.06. The number of nitrogens with zero attached hydrogens (tertiary/aromatic N) is 1. The fraction of sp³-hybridized carbons (Fsp3) is 0.417. The number of anilines is 2. The monoisotopic (exact) mass is 276 g/mol. The van der Waals surface area contributed by atoms with Crippen LogP contribution in [-0.4, -0.2) is 30.3 Å². The summed E-state index contributed by atoms with van der Waals surface area (Å²) in [4.78, 5) is 11.9. The second-order valence-electron chi connectivity index (χ2n) is 4.05. The van der Waals surface area contributed by atoms with Crippen LogP contribution < -0.4 is 10.6 Å². The number of nitrogen functional groups attached to an aromatic ring is 1. The van der Waals surface area contributed by atoms with Crippen molar-refractivity contribution in [2.24, 2.45) is 0 Å². The highest BCUT2D eigenvalue weighted by molar-refractivity contribution is 5.70. The van der Waals surface area contributed by atoms with Gasteiger partial charge in [0.25, 0.3) is 0 Å². The molecular formula is C12H15F3N2O2. The van der Waals surface area contributed by atoms with E-state index in [-0.39, 0.29) is 19.5 Å². The summed E-state index contributed by atoms with van der Waals surface area (Å²) in [7, 11) is 0. The standard InChI is InChI=1S/C12H15F3N2O2/c13-12(14,15)6-8-17(7-5-11(18)19)10-4-2-1-3-9(10)16/h1-4H,5-8,16H2,(H,18,19). The third kappa shape index (κ3) is 5.50. The molecule has 7 heteroatoms. The first-order valence-electron chi connectivity index (χ1n) is 5.67.